The summed E-state index contributed by atoms with van der Waals surface area (Å²) in [6, 6.07) is 14.0. The fourth-order valence-electron chi connectivity index (χ4n) is 2.65. The third-order valence-corrected chi connectivity index (χ3v) is 5.21. The number of thiocarbonyl (C=S) groups is 1. The van der Waals surface area contributed by atoms with Gasteiger partial charge in [0.15, 0.2) is 0 Å². The van der Waals surface area contributed by atoms with Gasteiger partial charge in [0.25, 0.3) is 5.91 Å². The topological polar surface area (TPSA) is 46.6 Å². The van der Waals surface area contributed by atoms with Crippen molar-refractivity contribution in [3.05, 3.63) is 52.9 Å². The van der Waals surface area contributed by atoms with Gasteiger partial charge in [-0.2, -0.15) is 0 Å². The number of esters is 1. The fourth-order valence-corrected chi connectivity index (χ4v) is 3.95. The summed E-state index contributed by atoms with van der Waals surface area (Å²) in [4.78, 5) is 26.2. The van der Waals surface area contributed by atoms with Crippen LogP contribution in [0.1, 0.15) is 18.9 Å². The molecule has 1 aliphatic heterocycles. The van der Waals surface area contributed by atoms with Crippen LogP contribution in [0.2, 0.25) is 0 Å². The van der Waals surface area contributed by atoms with Gasteiger partial charge in [-0.3, -0.25) is 14.5 Å². The Balaban J connectivity index is 1.81. The number of rotatable bonds is 5. The van der Waals surface area contributed by atoms with E-state index in [1.54, 1.807) is 6.92 Å². The number of nitrogens with zero attached hydrogens (tertiary/aromatic N) is 1. The van der Waals surface area contributed by atoms with Crippen LogP contribution in [0.15, 0.2) is 47.4 Å². The zero-order valence-corrected chi connectivity index (χ0v) is 15.4. The first-order valence-corrected chi connectivity index (χ1v) is 9.21. The molecule has 0 bridgehead atoms. The van der Waals surface area contributed by atoms with E-state index in [1.807, 2.05) is 48.5 Å². The second-order valence-corrected chi connectivity index (χ2v) is 7.13. The van der Waals surface area contributed by atoms with Crippen LogP contribution in [-0.4, -0.2) is 34.2 Å². The molecule has 0 radical (unpaired) electrons. The second kappa shape index (κ2) is 7.80. The predicted octanol–water partition coefficient (Wildman–Crippen LogP) is 3.99. The van der Waals surface area contributed by atoms with E-state index >= 15 is 0 Å². The SMILES string of the molecule is CCOC(=O)CCN1C(=O)/C(=C/c2cccc3ccccc23)SC1=S. The molecule has 6 heteroatoms. The van der Waals surface area contributed by atoms with Gasteiger partial charge in [0, 0.05) is 6.54 Å². The van der Waals surface area contributed by atoms with E-state index in [1.165, 1.54) is 16.7 Å². The molecule has 0 spiro atoms. The van der Waals surface area contributed by atoms with Crippen LogP contribution in [-0.2, 0) is 14.3 Å². The largest absolute Gasteiger partial charge is 0.466 e. The van der Waals surface area contributed by atoms with Crippen molar-refractivity contribution < 1.29 is 14.3 Å². The van der Waals surface area contributed by atoms with Crippen LogP contribution in [0.25, 0.3) is 16.8 Å². The van der Waals surface area contributed by atoms with Gasteiger partial charge in [-0.25, -0.2) is 0 Å². The quantitative estimate of drug-likeness (QED) is 0.452. The molecule has 1 saturated heterocycles. The molecule has 3 rings (SSSR count). The minimum absolute atomic E-state index is 0.141. The predicted molar refractivity (Wildman–Crippen MR) is 105 cm³/mol. The number of hydrogen-bond acceptors (Lipinski definition) is 5. The van der Waals surface area contributed by atoms with Crippen LogP contribution < -0.4 is 0 Å². The maximum atomic E-state index is 12.6. The highest BCUT2D eigenvalue weighted by molar-refractivity contribution is 8.26. The number of ether oxygens (including phenoxy) is 1. The van der Waals surface area contributed by atoms with Gasteiger partial charge >= 0.3 is 5.97 Å². The van der Waals surface area contributed by atoms with Gasteiger partial charge in [-0.1, -0.05) is 66.4 Å². The zero-order valence-electron chi connectivity index (χ0n) is 13.7. The van der Waals surface area contributed by atoms with E-state index in [9.17, 15) is 9.59 Å². The molecule has 2 aromatic carbocycles. The van der Waals surface area contributed by atoms with Crippen molar-refractivity contribution in [1.29, 1.82) is 0 Å². The highest BCUT2D eigenvalue weighted by Gasteiger charge is 2.32. The molecular formula is C19H17NO3S2. The molecule has 0 atom stereocenters. The van der Waals surface area contributed by atoms with Crippen molar-refractivity contribution in [2.24, 2.45) is 0 Å². The highest BCUT2D eigenvalue weighted by atomic mass is 32.2. The first kappa shape index (κ1) is 17.6. The average molecular weight is 371 g/mol. The van der Waals surface area contributed by atoms with Gasteiger partial charge in [0.2, 0.25) is 0 Å². The van der Waals surface area contributed by atoms with Crippen molar-refractivity contribution >= 4 is 57.0 Å². The lowest BCUT2D eigenvalue weighted by Gasteiger charge is -2.13. The molecule has 2 aromatic rings. The molecule has 1 fully saturated rings. The molecule has 0 saturated carbocycles. The minimum Gasteiger partial charge on any atom is -0.466 e. The number of fused-ring (bicyclic) bond motifs is 1. The Kier molecular flexibility index (Phi) is 5.50. The van der Waals surface area contributed by atoms with Gasteiger partial charge in [-0.05, 0) is 29.3 Å². The number of hydrogen-bond donors (Lipinski definition) is 0. The number of carbonyl (C=O) groups excluding carboxylic acids is 2. The Morgan fingerprint density at radius 2 is 2.00 bits per heavy atom. The Morgan fingerprint density at radius 3 is 2.80 bits per heavy atom. The molecule has 25 heavy (non-hydrogen) atoms. The Labute approximate surface area is 155 Å². The van der Waals surface area contributed by atoms with Crippen LogP contribution >= 0.6 is 24.0 Å². The molecular weight excluding hydrogens is 354 g/mol. The normalized spacial score (nSPS) is 16.0. The molecule has 1 amide bonds. The monoisotopic (exact) mass is 371 g/mol. The molecule has 128 valence electrons. The Hall–Kier alpha value is -2.18. The van der Waals surface area contributed by atoms with Crippen LogP contribution in [0, 0.1) is 0 Å². The van der Waals surface area contributed by atoms with Crippen LogP contribution in [0.4, 0.5) is 0 Å². The summed E-state index contributed by atoms with van der Waals surface area (Å²) in [6.07, 6.45) is 2.01. The maximum Gasteiger partial charge on any atom is 0.307 e. The molecule has 0 N–H and O–H groups in total. The third kappa shape index (κ3) is 3.91. The molecule has 4 nitrogen and oxygen atoms in total. The summed E-state index contributed by atoms with van der Waals surface area (Å²) in [7, 11) is 0. The van der Waals surface area contributed by atoms with Crippen LogP contribution in [0.5, 0.6) is 0 Å². The molecule has 1 aliphatic rings. The van der Waals surface area contributed by atoms with E-state index in [-0.39, 0.29) is 24.8 Å². The van der Waals surface area contributed by atoms with E-state index in [2.05, 4.69) is 0 Å². The Bertz CT molecular complexity index is 871. The second-order valence-electron chi connectivity index (χ2n) is 5.46. The van der Waals surface area contributed by atoms with Crippen LogP contribution in [0.3, 0.4) is 0 Å². The molecule has 0 aromatic heterocycles. The zero-order chi connectivity index (χ0) is 17.8. The summed E-state index contributed by atoms with van der Waals surface area (Å²) in [5, 5.41) is 2.20. The maximum absolute atomic E-state index is 12.6. The summed E-state index contributed by atoms with van der Waals surface area (Å²) in [6.45, 7) is 2.33. The van der Waals surface area contributed by atoms with Crippen molar-refractivity contribution in [3.8, 4) is 0 Å². The number of carbonyl (C=O) groups is 2. The standard InChI is InChI=1S/C19H17NO3S2/c1-2-23-17(21)10-11-20-18(22)16(25-19(20)24)12-14-8-5-7-13-6-3-4-9-15(13)14/h3-9,12H,2,10-11H2,1H3/b16-12-. The lowest BCUT2D eigenvalue weighted by Crippen LogP contribution is -2.30. The van der Waals surface area contributed by atoms with E-state index in [0.29, 0.717) is 15.8 Å². The van der Waals surface area contributed by atoms with Gasteiger partial charge in [0.1, 0.15) is 4.32 Å². The van der Waals surface area contributed by atoms with Gasteiger partial charge < -0.3 is 4.74 Å². The summed E-state index contributed by atoms with van der Waals surface area (Å²) >= 11 is 6.57. The van der Waals surface area contributed by atoms with Crippen molar-refractivity contribution in [1.82, 2.24) is 4.90 Å². The van der Waals surface area contributed by atoms with E-state index in [4.69, 9.17) is 17.0 Å². The van der Waals surface area contributed by atoms with E-state index in [0.717, 1.165) is 16.3 Å². The summed E-state index contributed by atoms with van der Waals surface area (Å²) < 4.78 is 5.37. The fraction of sp³-hybridized carbons (Fsp3) is 0.211. The molecule has 0 unspecified atom stereocenters. The average Bonchev–Trinajstić information content (AvgIpc) is 2.87. The minimum atomic E-state index is -0.324. The van der Waals surface area contributed by atoms with E-state index < -0.39 is 0 Å². The first-order chi connectivity index (χ1) is 12.1. The molecule has 0 aliphatic carbocycles. The highest BCUT2D eigenvalue weighted by Crippen LogP contribution is 2.33. The summed E-state index contributed by atoms with van der Waals surface area (Å²) in [5.74, 6) is -0.484. The first-order valence-electron chi connectivity index (χ1n) is 7.99. The van der Waals surface area contributed by atoms with Gasteiger partial charge in [-0.15, -0.1) is 0 Å². The number of benzene rings is 2. The Morgan fingerprint density at radius 1 is 1.24 bits per heavy atom. The summed E-state index contributed by atoms with van der Waals surface area (Å²) in [5.41, 5.74) is 0.976. The smallest absolute Gasteiger partial charge is 0.307 e. The lowest BCUT2D eigenvalue weighted by molar-refractivity contribution is -0.143. The number of thioether (sulfide) groups is 1. The molecule has 1 heterocycles. The third-order valence-electron chi connectivity index (χ3n) is 3.83. The van der Waals surface area contributed by atoms with Crippen molar-refractivity contribution in [3.63, 3.8) is 0 Å². The van der Waals surface area contributed by atoms with Gasteiger partial charge in [0.05, 0.1) is 17.9 Å². The van der Waals surface area contributed by atoms with Crippen molar-refractivity contribution in [2.75, 3.05) is 13.2 Å². The lowest BCUT2D eigenvalue weighted by atomic mass is 10.0. The number of amides is 1. The van der Waals surface area contributed by atoms with Crippen molar-refractivity contribution in [2.45, 2.75) is 13.3 Å².